The van der Waals surface area contributed by atoms with E-state index >= 15 is 0 Å². The van der Waals surface area contributed by atoms with Gasteiger partial charge in [-0.15, -0.1) is 0 Å². The van der Waals surface area contributed by atoms with Crippen molar-refractivity contribution in [3.05, 3.63) is 43.0 Å². The molecule has 0 spiro atoms. The fraction of sp³-hybridized carbons (Fsp3) is 0.0909. The zero-order valence-electron chi connectivity index (χ0n) is 8.63. The third-order valence-electron chi connectivity index (χ3n) is 2.14. The first-order valence-electron chi connectivity index (χ1n) is 4.88. The first-order chi connectivity index (χ1) is 7.79. The van der Waals surface area contributed by atoms with E-state index in [0.29, 0.717) is 0 Å². The number of aromatic nitrogens is 2. The normalized spacial score (nSPS) is 10.1. The second kappa shape index (κ2) is 4.59. The quantitative estimate of drug-likeness (QED) is 0.795. The van der Waals surface area contributed by atoms with Crippen LogP contribution in [-0.2, 0) is 4.79 Å². The molecule has 1 aromatic heterocycles. The summed E-state index contributed by atoms with van der Waals surface area (Å²) in [5, 5.41) is 2.68. The molecule has 0 aliphatic rings. The van der Waals surface area contributed by atoms with Crippen LogP contribution < -0.4 is 11.1 Å². The van der Waals surface area contributed by atoms with E-state index in [-0.39, 0.29) is 12.5 Å². The van der Waals surface area contributed by atoms with E-state index in [1.165, 1.54) is 0 Å². The van der Waals surface area contributed by atoms with Crippen LogP contribution in [0.4, 0.5) is 5.69 Å². The van der Waals surface area contributed by atoms with Crippen molar-refractivity contribution < 1.29 is 4.79 Å². The maximum atomic E-state index is 11.0. The van der Waals surface area contributed by atoms with Gasteiger partial charge in [0, 0.05) is 23.8 Å². The van der Waals surface area contributed by atoms with E-state index in [1.54, 1.807) is 12.5 Å². The highest BCUT2D eigenvalue weighted by Crippen LogP contribution is 2.12. The predicted molar refractivity (Wildman–Crippen MR) is 61.2 cm³/mol. The van der Waals surface area contributed by atoms with Crippen molar-refractivity contribution in [2.45, 2.75) is 0 Å². The van der Waals surface area contributed by atoms with Gasteiger partial charge < -0.3 is 15.6 Å². The van der Waals surface area contributed by atoms with Crippen molar-refractivity contribution >= 4 is 11.6 Å². The molecule has 2 aromatic rings. The van der Waals surface area contributed by atoms with E-state index in [2.05, 4.69) is 10.3 Å². The van der Waals surface area contributed by atoms with Gasteiger partial charge >= 0.3 is 0 Å². The van der Waals surface area contributed by atoms with Gasteiger partial charge in [-0.1, -0.05) is 0 Å². The zero-order valence-corrected chi connectivity index (χ0v) is 8.63. The summed E-state index contributed by atoms with van der Waals surface area (Å²) in [6, 6.07) is 7.44. The molecule has 0 radical (unpaired) electrons. The van der Waals surface area contributed by atoms with Gasteiger partial charge in [-0.05, 0) is 24.3 Å². The maximum Gasteiger partial charge on any atom is 0.238 e. The van der Waals surface area contributed by atoms with Gasteiger partial charge in [0.1, 0.15) is 0 Å². The summed E-state index contributed by atoms with van der Waals surface area (Å²) in [5.41, 5.74) is 6.93. The number of nitrogens with zero attached hydrogens (tertiary/aromatic N) is 2. The highest BCUT2D eigenvalue weighted by molar-refractivity contribution is 5.92. The van der Waals surface area contributed by atoms with Crippen molar-refractivity contribution in [1.82, 2.24) is 9.55 Å². The molecule has 0 aliphatic heterocycles. The summed E-state index contributed by atoms with van der Waals surface area (Å²) in [6.07, 6.45) is 5.28. The highest BCUT2D eigenvalue weighted by atomic mass is 16.1. The van der Waals surface area contributed by atoms with Gasteiger partial charge in [0.05, 0.1) is 12.9 Å². The summed E-state index contributed by atoms with van der Waals surface area (Å²) in [4.78, 5) is 15.0. The van der Waals surface area contributed by atoms with Crippen LogP contribution >= 0.6 is 0 Å². The standard InChI is InChI=1S/C11H12N4O/c12-7-11(16)14-9-1-3-10(4-2-9)15-6-5-13-8-15/h1-6,8H,7,12H2,(H,14,16). The van der Waals surface area contributed by atoms with E-state index in [1.807, 2.05) is 35.0 Å². The lowest BCUT2D eigenvalue weighted by Crippen LogP contribution is -2.21. The third-order valence-corrected chi connectivity index (χ3v) is 2.14. The van der Waals surface area contributed by atoms with Gasteiger partial charge in [-0.2, -0.15) is 0 Å². The lowest BCUT2D eigenvalue weighted by atomic mass is 10.2. The molecular weight excluding hydrogens is 204 g/mol. The van der Waals surface area contributed by atoms with Gasteiger partial charge in [0.25, 0.3) is 0 Å². The van der Waals surface area contributed by atoms with Gasteiger partial charge in [0.15, 0.2) is 0 Å². The minimum Gasteiger partial charge on any atom is -0.325 e. The number of carbonyl (C=O) groups is 1. The van der Waals surface area contributed by atoms with Crippen molar-refractivity contribution in [3.63, 3.8) is 0 Å². The lowest BCUT2D eigenvalue weighted by molar-refractivity contribution is -0.114. The van der Waals surface area contributed by atoms with Crippen LogP contribution in [0, 0.1) is 0 Å². The Morgan fingerprint density at radius 3 is 2.69 bits per heavy atom. The minimum atomic E-state index is -0.199. The molecule has 82 valence electrons. The van der Waals surface area contributed by atoms with E-state index in [4.69, 9.17) is 5.73 Å². The molecule has 1 heterocycles. The summed E-state index contributed by atoms with van der Waals surface area (Å²) in [7, 11) is 0. The fourth-order valence-corrected chi connectivity index (χ4v) is 1.34. The van der Waals surface area contributed by atoms with Crippen LogP contribution in [0.15, 0.2) is 43.0 Å². The summed E-state index contributed by atoms with van der Waals surface area (Å²) in [5.74, 6) is -0.199. The lowest BCUT2D eigenvalue weighted by Gasteiger charge is -2.05. The molecule has 5 nitrogen and oxygen atoms in total. The Morgan fingerprint density at radius 2 is 2.12 bits per heavy atom. The summed E-state index contributed by atoms with van der Waals surface area (Å²) >= 11 is 0. The van der Waals surface area contributed by atoms with Crippen LogP contribution in [0.2, 0.25) is 0 Å². The maximum absolute atomic E-state index is 11.0. The molecule has 2 rings (SSSR count). The molecule has 1 aromatic carbocycles. The number of rotatable bonds is 3. The molecule has 0 saturated carbocycles. The molecule has 0 aliphatic carbocycles. The number of hydrogen-bond acceptors (Lipinski definition) is 3. The molecule has 1 amide bonds. The van der Waals surface area contributed by atoms with E-state index < -0.39 is 0 Å². The number of carbonyl (C=O) groups excluding carboxylic acids is 1. The van der Waals surface area contributed by atoms with Crippen molar-refractivity contribution in [3.8, 4) is 5.69 Å². The number of nitrogens with one attached hydrogen (secondary N) is 1. The summed E-state index contributed by atoms with van der Waals surface area (Å²) < 4.78 is 1.88. The molecular formula is C11H12N4O. The molecule has 0 atom stereocenters. The fourth-order valence-electron chi connectivity index (χ4n) is 1.34. The molecule has 3 N–H and O–H groups in total. The Balaban J connectivity index is 2.14. The Kier molecular flexibility index (Phi) is 2.98. The Morgan fingerprint density at radius 1 is 1.38 bits per heavy atom. The zero-order chi connectivity index (χ0) is 11.4. The number of imidazole rings is 1. The number of hydrogen-bond donors (Lipinski definition) is 2. The van der Waals surface area contributed by atoms with E-state index in [0.717, 1.165) is 11.4 Å². The van der Waals surface area contributed by atoms with Gasteiger partial charge in [0.2, 0.25) is 5.91 Å². The van der Waals surface area contributed by atoms with Crippen LogP contribution in [-0.4, -0.2) is 22.0 Å². The number of nitrogens with two attached hydrogens (primary N) is 1. The molecule has 0 fully saturated rings. The Labute approximate surface area is 92.9 Å². The summed E-state index contributed by atoms with van der Waals surface area (Å²) in [6.45, 7) is -0.0106. The average Bonchev–Trinajstić information content (AvgIpc) is 2.83. The van der Waals surface area contributed by atoms with Crippen LogP contribution in [0.1, 0.15) is 0 Å². The average molecular weight is 216 g/mol. The monoisotopic (exact) mass is 216 g/mol. The SMILES string of the molecule is NCC(=O)Nc1ccc(-n2ccnc2)cc1. The smallest absolute Gasteiger partial charge is 0.238 e. The van der Waals surface area contributed by atoms with Crippen molar-refractivity contribution in [2.75, 3.05) is 11.9 Å². The molecule has 0 saturated heterocycles. The van der Waals surface area contributed by atoms with Crippen molar-refractivity contribution in [2.24, 2.45) is 5.73 Å². The number of amides is 1. The van der Waals surface area contributed by atoms with Gasteiger partial charge in [-0.25, -0.2) is 4.98 Å². The largest absolute Gasteiger partial charge is 0.325 e. The highest BCUT2D eigenvalue weighted by Gasteiger charge is 1.99. The molecule has 0 unspecified atom stereocenters. The first kappa shape index (κ1) is 10.4. The Hall–Kier alpha value is -2.14. The van der Waals surface area contributed by atoms with Crippen LogP contribution in [0.3, 0.4) is 0 Å². The topological polar surface area (TPSA) is 72.9 Å². The van der Waals surface area contributed by atoms with Crippen LogP contribution in [0.25, 0.3) is 5.69 Å². The first-order valence-corrected chi connectivity index (χ1v) is 4.88. The molecule has 5 heteroatoms. The molecule has 0 bridgehead atoms. The third kappa shape index (κ3) is 2.26. The van der Waals surface area contributed by atoms with E-state index in [9.17, 15) is 4.79 Å². The molecule has 16 heavy (non-hydrogen) atoms. The van der Waals surface area contributed by atoms with Gasteiger partial charge in [-0.3, -0.25) is 4.79 Å². The second-order valence-electron chi connectivity index (χ2n) is 3.27. The Bertz CT molecular complexity index is 461. The predicted octanol–water partition coefficient (Wildman–Crippen LogP) is 0.769. The second-order valence-corrected chi connectivity index (χ2v) is 3.27. The van der Waals surface area contributed by atoms with Crippen molar-refractivity contribution in [1.29, 1.82) is 0 Å². The minimum absolute atomic E-state index is 0.0106. The van der Waals surface area contributed by atoms with Crippen LogP contribution in [0.5, 0.6) is 0 Å². The number of benzene rings is 1. The number of anilines is 1.